The summed E-state index contributed by atoms with van der Waals surface area (Å²) in [6.45, 7) is 15.7. The maximum Gasteiger partial charge on any atom is 0.164 e. The van der Waals surface area contributed by atoms with Gasteiger partial charge in [0.25, 0.3) is 0 Å². The quantitative estimate of drug-likeness (QED) is 0.450. The molecular formula is C31H50O4. The minimum atomic E-state index is -0.747. The Kier molecular flexibility index (Phi) is 5.87. The lowest BCUT2D eigenvalue weighted by atomic mass is 9.38. The summed E-state index contributed by atoms with van der Waals surface area (Å²) in [6.07, 6.45) is 16.2. The molecule has 4 heteroatoms. The molecule has 0 aromatic heterocycles. The van der Waals surface area contributed by atoms with E-state index in [-0.39, 0.29) is 34.1 Å². The van der Waals surface area contributed by atoms with E-state index in [9.17, 15) is 10.2 Å². The largest absolute Gasteiger partial charge is 0.392 e. The highest BCUT2D eigenvalue weighted by atomic mass is 16.7. The van der Waals surface area contributed by atoms with E-state index in [0.29, 0.717) is 23.7 Å². The molecule has 1 spiro atoms. The summed E-state index contributed by atoms with van der Waals surface area (Å²) in [5.41, 5.74) is -1.09. The predicted molar refractivity (Wildman–Crippen MR) is 140 cm³/mol. The highest BCUT2D eigenvalue weighted by Gasteiger charge is 2.78. The van der Waals surface area contributed by atoms with Gasteiger partial charge in [0.05, 0.1) is 11.7 Å². The van der Waals surface area contributed by atoms with E-state index in [2.05, 4.69) is 52.8 Å². The number of methoxy groups -OCH3 is 1. The summed E-state index contributed by atoms with van der Waals surface area (Å²) in [5, 5.41) is 21.2. The summed E-state index contributed by atoms with van der Waals surface area (Å²) in [7, 11) is 1.83. The van der Waals surface area contributed by atoms with Crippen LogP contribution in [0.5, 0.6) is 0 Å². The Balaban J connectivity index is 1.52. The van der Waals surface area contributed by atoms with E-state index < -0.39 is 11.2 Å². The zero-order chi connectivity index (χ0) is 25.7. The molecule has 0 amide bonds. The van der Waals surface area contributed by atoms with Crippen LogP contribution in [0.2, 0.25) is 0 Å². The van der Waals surface area contributed by atoms with Crippen molar-refractivity contribution >= 4 is 0 Å². The Bertz CT molecular complexity index is 900. The van der Waals surface area contributed by atoms with Crippen LogP contribution in [0.1, 0.15) is 93.4 Å². The standard InChI is InChI=1S/C31H50O4/c1-20(10-9-15-26(2,3)33)21-13-16-29(7)22-14-17-31-23(11-12-24(32)27(31,4)5)30(22,25(34-8)35-31)19-18-28(21,29)6/h9,14-15,17,20-25,32-33H,10-13,16,18-19H2,1-8H3/b15-9+/t20-,21?,22?,23+,24?,25-,28?,29+,30?,31?/m1/s1. The lowest BCUT2D eigenvalue weighted by molar-refractivity contribution is -0.225. The average Bonchev–Trinajstić information content (AvgIpc) is 3.14. The Morgan fingerprint density at radius 2 is 1.80 bits per heavy atom. The van der Waals surface area contributed by atoms with Gasteiger partial charge in [0, 0.05) is 23.9 Å². The van der Waals surface area contributed by atoms with Crippen LogP contribution in [0.3, 0.4) is 0 Å². The number of ether oxygens (including phenoxy) is 2. The van der Waals surface area contributed by atoms with E-state index in [1.54, 1.807) is 0 Å². The smallest absolute Gasteiger partial charge is 0.164 e. The van der Waals surface area contributed by atoms with E-state index in [4.69, 9.17) is 9.47 Å². The van der Waals surface area contributed by atoms with Crippen molar-refractivity contribution in [1.82, 2.24) is 0 Å². The minimum absolute atomic E-state index is 0.0197. The fourth-order valence-electron chi connectivity index (χ4n) is 10.2. The van der Waals surface area contributed by atoms with Crippen molar-refractivity contribution in [3.63, 3.8) is 0 Å². The number of hydrogen-bond acceptors (Lipinski definition) is 4. The first-order valence-electron chi connectivity index (χ1n) is 14.2. The van der Waals surface area contributed by atoms with Crippen LogP contribution in [-0.4, -0.2) is 40.9 Å². The van der Waals surface area contributed by atoms with E-state index >= 15 is 0 Å². The Hall–Kier alpha value is -0.680. The number of fused-ring (bicyclic) bond motifs is 2. The molecule has 35 heavy (non-hydrogen) atoms. The van der Waals surface area contributed by atoms with Crippen LogP contribution in [0.15, 0.2) is 24.3 Å². The van der Waals surface area contributed by atoms with Crippen LogP contribution in [0, 0.1) is 45.3 Å². The molecule has 5 rings (SSSR count). The zero-order valence-corrected chi connectivity index (χ0v) is 23.4. The van der Waals surface area contributed by atoms with Gasteiger partial charge < -0.3 is 19.7 Å². The lowest BCUT2D eigenvalue weighted by Crippen LogP contribution is -2.65. The molecule has 0 radical (unpaired) electrons. The van der Waals surface area contributed by atoms with Crippen LogP contribution in [0.4, 0.5) is 0 Å². The van der Waals surface area contributed by atoms with E-state index in [1.807, 2.05) is 27.0 Å². The van der Waals surface area contributed by atoms with Crippen molar-refractivity contribution in [1.29, 1.82) is 0 Å². The second kappa shape index (κ2) is 7.91. The van der Waals surface area contributed by atoms with Gasteiger partial charge in [-0.25, -0.2) is 0 Å². The van der Waals surface area contributed by atoms with Gasteiger partial charge in [0.1, 0.15) is 5.60 Å². The normalized spacial score (nSPS) is 51.2. The van der Waals surface area contributed by atoms with Crippen LogP contribution in [-0.2, 0) is 9.47 Å². The third-order valence-corrected chi connectivity index (χ3v) is 12.4. The second-order valence-electron chi connectivity index (χ2n) is 14.5. The zero-order valence-electron chi connectivity index (χ0n) is 23.4. The highest BCUT2D eigenvalue weighted by Crippen LogP contribution is 2.78. The topological polar surface area (TPSA) is 58.9 Å². The molecule has 6 unspecified atom stereocenters. The van der Waals surface area contributed by atoms with Gasteiger partial charge >= 0.3 is 0 Å². The Labute approximate surface area is 213 Å². The molecule has 1 saturated heterocycles. The van der Waals surface area contributed by atoms with Crippen molar-refractivity contribution < 1.29 is 19.7 Å². The van der Waals surface area contributed by atoms with E-state index in [0.717, 1.165) is 25.7 Å². The van der Waals surface area contributed by atoms with Gasteiger partial charge in [-0.1, -0.05) is 58.9 Å². The molecule has 2 bridgehead atoms. The first-order valence-corrected chi connectivity index (χ1v) is 14.2. The van der Waals surface area contributed by atoms with Crippen LogP contribution >= 0.6 is 0 Å². The molecule has 5 aliphatic rings. The van der Waals surface area contributed by atoms with Crippen molar-refractivity contribution in [2.24, 2.45) is 45.3 Å². The Morgan fingerprint density at radius 3 is 2.46 bits per heavy atom. The Morgan fingerprint density at radius 1 is 1.09 bits per heavy atom. The fraction of sp³-hybridized carbons (Fsp3) is 0.871. The number of aliphatic hydroxyl groups is 2. The number of hydrogen-bond donors (Lipinski definition) is 2. The first-order chi connectivity index (χ1) is 16.2. The third-order valence-electron chi connectivity index (χ3n) is 12.4. The van der Waals surface area contributed by atoms with Gasteiger partial charge in [-0.3, -0.25) is 0 Å². The molecule has 10 atom stereocenters. The molecule has 1 heterocycles. The monoisotopic (exact) mass is 486 g/mol. The molecule has 2 N–H and O–H groups in total. The van der Waals surface area contributed by atoms with Gasteiger partial charge in [-0.2, -0.15) is 0 Å². The van der Waals surface area contributed by atoms with Crippen LogP contribution < -0.4 is 0 Å². The molecule has 1 aliphatic heterocycles. The summed E-state index contributed by atoms with van der Waals surface area (Å²) >= 11 is 0. The lowest BCUT2D eigenvalue weighted by Gasteiger charge is -2.65. The van der Waals surface area contributed by atoms with Crippen LogP contribution in [0.25, 0.3) is 0 Å². The fourth-order valence-corrected chi connectivity index (χ4v) is 10.2. The summed E-state index contributed by atoms with van der Waals surface area (Å²) in [6, 6.07) is 0. The number of allylic oxidation sites excluding steroid dienone is 2. The van der Waals surface area contributed by atoms with Crippen molar-refractivity contribution in [2.45, 2.75) is 117 Å². The number of rotatable bonds is 5. The minimum Gasteiger partial charge on any atom is -0.392 e. The molecule has 4 aliphatic carbocycles. The third kappa shape index (κ3) is 3.18. The molecule has 0 aromatic carbocycles. The summed E-state index contributed by atoms with van der Waals surface area (Å²) in [4.78, 5) is 0. The van der Waals surface area contributed by atoms with Gasteiger partial charge in [-0.05, 0) is 87.4 Å². The van der Waals surface area contributed by atoms with E-state index in [1.165, 1.54) is 19.3 Å². The number of aliphatic hydroxyl groups excluding tert-OH is 1. The average molecular weight is 487 g/mol. The van der Waals surface area contributed by atoms with Crippen molar-refractivity contribution in [3.8, 4) is 0 Å². The van der Waals surface area contributed by atoms with Gasteiger partial charge in [0.2, 0.25) is 0 Å². The molecule has 0 aromatic rings. The SMILES string of the molecule is CO[C@@H]1OC23C=CC4C1(CCC1(C)C([C@H](C)C/C=C/C(C)(C)O)CC[C@@]41C)[C@@H]2CCC(O)C3(C)C. The molecular weight excluding hydrogens is 436 g/mol. The van der Waals surface area contributed by atoms with Gasteiger partial charge in [0.15, 0.2) is 6.29 Å². The highest BCUT2D eigenvalue weighted by molar-refractivity contribution is 5.34. The van der Waals surface area contributed by atoms with Crippen molar-refractivity contribution in [3.05, 3.63) is 24.3 Å². The molecule has 3 saturated carbocycles. The maximum atomic E-state index is 11.0. The van der Waals surface area contributed by atoms with Crippen molar-refractivity contribution in [2.75, 3.05) is 7.11 Å². The first kappa shape index (κ1) is 25.9. The molecule has 4 nitrogen and oxygen atoms in total. The molecule has 4 fully saturated rings. The second-order valence-corrected chi connectivity index (χ2v) is 14.5. The maximum absolute atomic E-state index is 11.0. The summed E-state index contributed by atoms with van der Waals surface area (Å²) < 4.78 is 13.2. The summed E-state index contributed by atoms with van der Waals surface area (Å²) in [5.74, 6) is 2.07. The predicted octanol–water partition coefficient (Wildman–Crippen LogP) is 6.27. The molecule has 198 valence electrons. The van der Waals surface area contributed by atoms with Gasteiger partial charge in [-0.15, -0.1) is 0 Å².